The molecule has 0 aliphatic carbocycles. The predicted molar refractivity (Wildman–Crippen MR) is 103 cm³/mol. The third kappa shape index (κ3) is 5.86. The van der Waals surface area contributed by atoms with E-state index >= 15 is 0 Å². The summed E-state index contributed by atoms with van der Waals surface area (Å²) in [5.41, 5.74) is 1.15. The monoisotopic (exact) mass is 347 g/mol. The SMILES string of the molecule is CCCCCCCCCCCCn1/c(=N\N=O)sc2ccccc21. The minimum atomic E-state index is 0.710. The van der Waals surface area contributed by atoms with Crippen LogP contribution in [0.15, 0.2) is 34.7 Å². The van der Waals surface area contributed by atoms with Gasteiger partial charge in [0.25, 0.3) is 0 Å². The fourth-order valence-corrected chi connectivity index (χ4v) is 4.11. The molecule has 2 rings (SSSR count). The average molecular weight is 348 g/mol. The lowest BCUT2D eigenvalue weighted by atomic mass is 10.1. The van der Waals surface area contributed by atoms with E-state index in [4.69, 9.17) is 0 Å². The predicted octanol–water partition coefficient (Wildman–Crippen LogP) is 6.21. The Morgan fingerprint density at radius 2 is 1.54 bits per heavy atom. The van der Waals surface area contributed by atoms with E-state index < -0.39 is 0 Å². The summed E-state index contributed by atoms with van der Waals surface area (Å²) >= 11 is 1.53. The van der Waals surface area contributed by atoms with Crippen LogP contribution in [0.25, 0.3) is 10.2 Å². The van der Waals surface area contributed by atoms with Crippen molar-refractivity contribution >= 4 is 21.6 Å². The van der Waals surface area contributed by atoms with Crippen LogP contribution in [0, 0.1) is 4.91 Å². The second-order valence-corrected chi connectivity index (χ2v) is 7.38. The van der Waals surface area contributed by atoms with E-state index in [9.17, 15) is 4.91 Å². The van der Waals surface area contributed by atoms with Gasteiger partial charge in [0, 0.05) is 6.54 Å². The van der Waals surface area contributed by atoms with Gasteiger partial charge in [-0.1, -0.05) is 93.3 Å². The maximum atomic E-state index is 10.5. The number of thiazole rings is 1. The van der Waals surface area contributed by atoms with Crippen LogP contribution in [-0.4, -0.2) is 4.57 Å². The summed E-state index contributed by atoms with van der Waals surface area (Å²) in [6, 6.07) is 8.20. The number of nitrogens with zero attached hydrogens (tertiary/aromatic N) is 3. The number of fused-ring (bicyclic) bond motifs is 1. The van der Waals surface area contributed by atoms with E-state index in [2.05, 4.69) is 34.0 Å². The van der Waals surface area contributed by atoms with E-state index in [1.54, 1.807) is 0 Å². The number of benzene rings is 1. The lowest BCUT2D eigenvalue weighted by Gasteiger charge is -2.05. The molecule has 0 aliphatic heterocycles. The molecule has 5 heteroatoms. The van der Waals surface area contributed by atoms with Crippen LogP contribution in [0.2, 0.25) is 0 Å². The molecular weight excluding hydrogens is 318 g/mol. The Balaban J connectivity index is 1.73. The highest BCUT2D eigenvalue weighted by molar-refractivity contribution is 7.16. The Labute approximate surface area is 148 Å². The first kappa shape index (κ1) is 18.8. The smallest absolute Gasteiger partial charge is 0.215 e. The second-order valence-electron chi connectivity index (χ2n) is 6.37. The van der Waals surface area contributed by atoms with E-state index in [0.717, 1.165) is 23.2 Å². The molecule has 0 saturated carbocycles. The van der Waals surface area contributed by atoms with Gasteiger partial charge in [-0.25, -0.2) is 0 Å². The Kier molecular flexibility index (Phi) is 8.74. The van der Waals surface area contributed by atoms with Crippen molar-refractivity contribution in [1.29, 1.82) is 0 Å². The van der Waals surface area contributed by atoms with Crippen LogP contribution in [0.1, 0.15) is 71.1 Å². The molecule has 0 unspecified atom stereocenters. The van der Waals surface area contributed by atoms with Crippen molar-refractivity contribution in [3.63, 3.8) is 0 Å². The topological polar surface area (TPSA) is 46.7 Å². The minimum absolute atomic E-state index is 0.710. The Morgan fingerprint density at radius 1 is 0.917 bits per heavy atom. The number of para-hydroxylation sites is 1. The first-order chi connectivity index (χ1) is 11.9. The van der Waals surface area contributed by atoms with Gasteiger partial charge < -0.3 is 4.57 Å². The highest BCUT2D eigenvalue weighted by Gasteiger charge is 2.05. The maximum Gasteiger partial charge on any atom is 0.215 e. The van der Waals surface area contributed by atoms with Gasteiger partial charge in [-0.15, -0.1) is 4.91 Å². The summed E-state index contributed by atoms with van der Waals surface area (Å²) in [6.45, 7) is 3.17. The van der Waals surface area contributed by atoms with Gasteiger partial charge in [-0.3, -0.25) is 0 Å². The molecule has 0 fully saturated rings. The Morgan fingerprint density at radius 3 is 2.21 bits per heavy atom. The fourth-order valence-electron chi connectivity index (χ4n) is 3.11. The van der Waals surface area contributed by atoms with Crippen molar-refractivity contribution in [3.8, 4) is 0 Å². The van der Waals surface area contributed by atoms with Gasteiger partial charge in [-0.05, 0) is 18.6 Å². The molecule has 1 aromatic heterocycles. The molecule has 1 heterocycles. The molecular formula is C19H29N3OS. The summed E-state index contributed by atoms with van der Waals surface area (Å²) in [5, 5.41) is 6.48. The number of unbranched alkanes of at least 4 members (excludes halogenated alkanes) is 9. The molecule has 24 heavy (non-hydrogen) atoms. The second kappa shape index (κ2) is 11.1. The van der Waals surface area contributed by atoms with Gasteiger partial charge >= 0.3 is 0 Å². The molecule has 0 bridgehead atoms. The zero-order valence-corrected chi connectivity index (χ0v) is 15.6. The molecule has 2 aromatic rings. The first-order valence-corrected chi connectivity index (χ1v) is 10.1. The fraction of sp³-hybridized carbons (Fsp3) is 0.632. The molecule has 4 nitrogen and oxygen atoms in total. The summed E-state index contributed by atoms with van der Waals surface area (Å²) in [5.74, 6) is 0. The zero-order valence-electron chi connectivity index (χ0n) is 14.7. The third-order valence-electron chi connectivity index (χ3n) is 4.45. The van der Waals surface area contributed by atoms with E-state index in [-0.39, 0.29) is 0 Å². The largest absolute Gasteiger partial charge is 0.315 e. The summed E-state index contributed by atoms with van der Waals surface area (Å²) < 4.78 is 3.29. The third-order valence-corrected chi connectivity index (χ3v) is 5.50. The van der Waals surface area contributed by atoms with Crippen molar-refractivity contribution in [2.75, 3.05) is 0 Å². The molecule has 0 atom stereocenters. The molecule has 132 valence electrons. The van der Waals surface area contributed by atoms with Crippen molar-refractivity contribution in [2.45, 2.75) is 77.7 Å². The van der Waals surface area contributed by atoms with Crippen LogP contribution in [0.3, 0.4) is 0 Å². The molecule has 0 saturated heterocycles. The first-order valence-electron chi connectivity index (χ1n) is 9.31. The van der Waals surface area contributed by atoms with Crippen LogP contribution in [-0.2, 0) is 6.54 Å². The van der Waals surface area contributed by atoms with Crippen molar-refractivity contribution in [2.24, 2.45) is 10.4 Å². The van der Waals surface area contributed by atoms with Crippen molar-refractivity contribution in [3.05, 3.63) is 34.0 Å². The van der Waals surface area contributed by atoms with Gasteiger partial charge in [0.15, 0.2) is 0 Å². The molecule has 1 aromatic carbocycles. The molecule has 0 N–H and O–H groups in total. The minimum Gasteiger partial charge on any atom is -0.315 e. The summed E-state index contributed by atoms with van der Waals surface area (Å²) in [6.07, 6.45) is 13.3. The number of hydrogen-bond acceptors (Lipinski definition) is 3. The average Bonchev–Trinajstić information content (AvgIpc) is 2.94. The van der Waals surface area contributed by atoms with Crippen LogP contribution in [0.4, 0.5) is 0 Å². The standard InChI is InChI=1S/C19H29N3OS/c1-2-3-4-5-6-7-8-9-10-13-16-22-17-14-11-12-15-18(17)24-19(22)20-21-23/h11-12,14-15H,2-10,13,16H2,1H3/b20-19+. The number of rotatable bonds is 12. The zero-order chi connectivity index (χ0) is 17.0. The molecule has 0 radical (unpaired) electrons. The van der Waals surface area contributed by atoms with Gasteiger partial charge in [0.2, 0.25) is 4.80 Å². The van der Waals surface area contributed by atoms with E-state index in [1.807, 2.05) is 12.1 Å². The molecule has 0 spiro atoms. The van der Waals surface area contributed by atoms with Crippen molar-refractivity contribution in [1.82, 2.24) is 4.57 Å². The van der Waals surface area contributed by atoms with Gasteiger partial charge in [0.1, 0.15) is 0 Å². The van der Waals surface area contributed by atoms with Crippen molar-refractivity contribution < 1.29 is 0 Å². The van der Waals surface area contributed by atoms with E-state index in [0.29, 0.717) is 4.80 Å². The van der Waals surface area contributed by atoms with Gasteiger partial charge in [0.05, 0.1) is 15.5 Å². The normalized spacial score (nSPS) is 12.1. The highest BCUT2D eigenvalue weighted by atomic mass is 32.1. The molecule has 0 amide bonds. The summed E-state index contributed by atoms with van der Waals surface area (Å²) in [7, 11) is 0. The molecule has 0 aliphatic rings. The number of aryl methyl sites for hydroxylation is 1. The van der Waals surface area contributed by atoms with Crippen LogP contribution >= 0.6 is 11.3 Å². The Hall–Kier alpha value is -1.49. The van der Waals surface area contributed by atoms with Crippen LogP contribution in [0.5, 0.6) is 0 Å². The maximum absolute atomic E-state index is 10.5. The quantitative estimate of drug-likeness (QED) is 0.256. The highest BCUT2D eigenvalue weighted by Crippen LogP contribution is 2.18. The number of aromatic nitrogens is 1. The number of nitroso groups, excluding NO2 is 1. The van der Waals surface area contributed by atoms with E-state index in [1.165, 1.54) is 69.1 Å². The Bertz CT molecular complexity index is 675. The summed E-state index contributed by atoms with van der Waals surface area (Å²) in [4.78, 5) is 11.2. The lowest BCUT2D eigenvalue weighted by molar-refractivity contribution is 0.535. The van der Waals surface area contributed by atoms with Gasteiger partial charge in [-0.2, -0.15) is 0 Å². The number of hydrogen-bond donors (Lipinski definition) is 0. The van der Waals surface area contributed by atoms with Crippen LogP contribution < -0.4 is 4.80 Å². The lowest BCUT2D eigenvalue weighted by Crippen LogP contribution is -2.14.